The second-order valence-electron chi connectivity index (χ2n) is 3.60. The van der Waals surface area contributed by atoms with E-state index in [2.05, 4.69) is 4.98 Å². The minimum atomic E-state index is -1.08. The summed E-state index contributed by atoms with van der Waals surface area (Å²) in [6, 6.07) is 3.25. The third-order valence-corrected chi connectivity index (χ3v) is 2.42. The number of aromatic carboxylic acids is 1. The van der Waals surface area contributed by atoms with Gasteiger partial charge in [0.25, 0.3) is 0 Å². The molecule has 2 rings (SSSR count). The first kappa shape index (κ1) is 10.9. The molecule has 0 amide bonds. The van der Waals surface area contributed by atoms with Crippen molar-refractivity contribution >= 4 is 5.97 Å². The van der Waals surface area contributed by atoms with Crippen molar-refractivity contribution in [2.24, 2.45) is 0 Å². The quantitative estimate of drug-likeness (QED) is 0.834. The van der Waals surface area contributed by atoms with Crippen molar-refractivity contribution in [3.63, 3.8) is 0 Å². The van der Waals surface area contributed by atoms with Gasteiger partial charge in [0.1, 0.15) is 6.61 Å². The average molecular weight is 223 g/mol. The van der Waals surface area contributed by atoms with Gasteiger partial charge in [0.2, 0.25) is 0 Å². The summed E-state index contributed by atoms with van der Waals surface area (Å²) in [5.41, 5.74) is -0.0551. The molecule has 0 radical (unpaired) electrons. The number of rotatable bonds is 4. The lowest BCUT2D eigenvalue weighted by Gasteiger charge is -2.12. The van der Waals surface area contributed by atoms with Crippen molar-refractivity contribution in [2.75, 3.05) is 13.2 Å². The Labute approximate surface area is 93.0 Å². The van der Waals surface area contributed by atoms with Crippen molar-refractivity contribution in [1.29, 1.82) is 0 Å². The Morgan fingerprint density at radius 1 is 1.69 bits per heavy atom. The maximum atomic E-state index is 10.8. The molecule has 0 bridgehead atoms. The summed E-state index contributed by atoms with van der Waals surface area (Å²) in [5, 5.41) is 8.88. The molecule has 86 valence electrons. The smallest absolute Gasteiger partial charge is 0.358 e. The molecule has 5 heteroatoms. The Hall–Kier alpha value is -1.62. The van der Waals surface area contributed by atoms with E-state index in [4.69, 9.17) is 14.6 Å². The number of carbonyl (C=O) groups is 1. The molecule has 1 fully saturated rings. The van der Waals surface area contributed by atoms with Crippen LogP contribution in [0.2, 0.25) is 0 Å². The van der Waals surface area contributed by atoms with Crippen LogP contribution in [0.15, 0.2) is 18.3 Å². The molecule has 0 aliphatic carbocycles. The van der Waals surface area contributed by atoms with Crippen molar-refractivity contribution < 1.29 is 19.4 Å². The van der Waals surface area contributed by atoms with E-state index >= 15 is 0 Å². The van der Waals surface area contributed by atoms with Crippen molar-refractivity contribution in [3.8, 4) is 5.75 Å². The van der Waals surface area contributed by atoms with E-state index in [-0.39, 0.29) is 11.8 Å². The molecule has 0 aromatic carbocycles. The number of carboxylic acids is 1. The van der Waals surface area contributed by atoms with Crippen LogP contribution >= 0.6 is 0 Å². The molecule has 1 N–H and O–H groups in total. The molecule has 0 spiro atoms. The van der Waals surface area contributed by atoms with Crippen LogP contribution in [0.5, 0.6) is 5.75 Å². The van der Waals surface area contributed by atoms with Crippen LogP contribution in [0.3, 0.4) is 0 Å². The molecular weight excluding hydrogens is 210 g/mol. The fourth-order valence-electron chi connectivity index (χ4n) is 1.63. The second-order valence-corrected chi connectivity index (χ2v) is 3.60. The number of carboxylic acid groups (broad SMARTS) is 1. The zero-order valence-electron chi connectivity index (χ0n) is 8.76. The van der Waals surface area contributed by atoms with Crippen molar-refractivity contribution in [2.45, 2.75) is 18.9 Å². The van der Waals surface area contributed by atoms with Crippen LogP contribution in [-0.2, 0) is 4.74 Å². The van der Waals surface area contributed by atoms with Gasteiger partial charge in [-0.05, 0) is 25.0 Å². The molecule has 16 heavy (non-hydrogen) atoms. The summed E-state index contributed by atoms with van der Waals surface area (Å²) in [5.74, 6) is -0.784. The minimum absolute atomic E-state index is 0.0551. The Bertz CT molecular complexity index is 374. The first-order chi connectivity index (χ1) is 7.77. The van der Waals surface area contributed by atoms with E-state index in [0.29, 0.717) is 12.4 Å². The van der Waals surface area contributed by atoms with Crippen molar-refractivity contribution in [1.82, 2.24) is 4.98 Å². The molecule has 1 aromatic rings. The summed E-state index contributed by atoms with van der Waals surface area (Å²) < 4.78 is 10.8. The first-order valence-corrected chi connectivity index (χ1v) is 5.20. The lowest BCUT2D eigenvalue weighted by Crippen LogP contribution is -2.17. The predicted molar refractivity (Wildman–Crippen MR) is 55.7 cm³/mol. The molecule has 0 saturated carbocycles. The van der Waals surface area contributed by atoms with E-state index in [9.17, 15) is 4.79 Å². The number of ether oxygens (including phenoxy) is 2. The number of aromatic nitrogens is 1. The van der Waals surface area contributed by atoms with Gasteiger partial charge in [0.05, 0.1) is 6.10 Å². The molecule has 1 aromatic heterocycles. The van der Waals surface area contributed by atoms with E-state index < -0.39 is 5.97 Å². The second kappa shape index (κ2) is 4.94. The van der Waals surface area contributed by atoms with Gasteiger partial charge in [-0.25, -0.2) is 9.78 Å². The molecule has 1 atom stereocenters. The summed E-state index contributed by atoms with van der Waals surface area (Å²) in [4.78, 5) is 14.6. The van der Waals surface area contributed by atoms with Gasteiger partial charge in [-0.1, -0.05) is 0 Å². The largest absolute Gasteiger partial charge is 0.488 e. The molecule has 2 heterocycles. The molecule has 5 nitrogen and oxygen atoms in total. The summed E-state index contributed by atoms with van der Waals surface area (Å²) in [6.07, 6.45) is 3.50. The van der Waals surface area contributed by atoms with Gasteiger partial charge < -0.3 is 14.6 Å². The average Bonchev–Trinajstić information content (AvgIpc) is 2.79. The lowest BCUT2D eigenvalue weighted by atomic mass is 10.2. The minimum Gasteiger partial charge on any atom is -0.488 e. The van der Waals surface area contributed by atoms with Gasteiger partial charge in [0, 0.05) is 12.8 Å². The third-order valence-electron chi connectivity index (χ3n) is 2.42. The highest BCUT2D eigenvalue weighted by atomic mass is 16.5. The van der Waals surface area contributed by atoms with E-state index in [1.54, 1.807) is 12.1 Å². The zero-order chi connectivity index (χ0) is 11.4. The van der Waals surface area contributed by atoms with Gasteiger partial charge in [0.15, 0.2) is 11.4 Å². The van der Waals surface area contributed by atoms with Gasteiger partial charge >= 0.3 is 5.97 Å². The molecule has 1 unspecified atom stereocenters. The van der Waals surface area contributed by atoms with Crippen molar-refractivity contribution in [3.05, 3.63) is 24.0 Å². The Balaban J connectivity index is 2.00. The highest BCUT2D eigenvalue weighted by Crippen LogP contribution is 2.18. The van der Waals surface area contributed by atoms with Gasteiger partial charge in [-0.2, -0.15) is 0 Å². The van der Waals surface area contributed by atoms with Crippen LogP contribution in [0.4, 0.5) is 0 Å². The predicted octanol–water partition coefficient (Wildman–Crippen LogP) is 1.34. The molecule has 1 aliphatic heterocycles. The Morgan fingerprint density at radius 2 is 2.56 bits per heavy atom. The molecule has 1 saturated heterocycles. The monoisotopic (exact) mass is 223 g/mol. The summed E-state index contributed by atoms with van der Waals surface area (Å²) >= 11 is 0. The number of hydrogen-bond donors (Lipinski definition) is 1. The highest BCUT2D eigenvalue weighted by Gasteiger charge is 2.18. The fourth-order valence-corrected chi connectivity index (χ4v) is 1.63. The standard InChI is InChI=1S/C11H13NO4/c13-11(14)10-9(4-1-5-12-10)16-7-8-3-2-6-15-8/h1,4-5,8H,2-3,6-7H2,(H,13,14). The number of hydrogen-bond acceptors (Lipinski definition) is 4. The number of nitrogens with zero attached hydrogens (tertiary/aromatic N) is 1. The normalized spacial score (nSPS) is 19.6. The van der Waals surface area contributed by atoms with Crippen LogP contribution < -0.4 is 4.74 Å². The van der Waals surface area contributed by atoms with E-state index in [1.807, 2.05) is 0 Å². The molecule has 1 aliphatic rings. The Morgan fingerprint density at radius 3 is 3.25 bits per heavy atom. The van der Waals surface area contributed by atoms with Gasteiger partial charge in [-0.15, -0.1) is 0 Å². The van der Waals surface area contributed by atoms with E-state index in [1.165, 1.54) is 6.20 Å². The number of pyridine rings is 1. The highest BCUT2D eigenvalue weighted by molar-refractivity contribution is 5.88. The van der Waals surface area contributed by atoms with Gasteiger partial charge in [-0.3, -0.25) is 0 Å². The fraction of sp³-hybridized carbons (Fsp3) is 0.455. The van der Waals surface area contributed by atoms with Crippen LogP contribution in [-0.4, -0.2) is 35.4 Å². The van der Waals surface area contributed by atoms with Crippen LogP contribution in [0, 0.1) is 0 Å². The maximum absolute atomic E-state index is 10.8. The Kier molecular flexibility index (Phi) is 3.36. The third kappa shape index (κ3) is 2.49. The zero-order valence-corrected chi connectivity index (χ0v) is 8.76. The summed E-state index contributed by atoms with van der Waals surface area (Å²) in [6.45, 7) is 1.14. The maximum Gasteiger partial charge on any atom is 0.358 e. The molecular formula is C11H13NO4. The lowest BCUT2D eigenvalue weighted by molar-refractivity contribution is 0.0623. The SMILES string of the molecule is O=C(O)c1ncccc1OCC1CCCO1. The van der Waals surface area contributed by atoms with Crippen LogP contribution in [0.1, 0.15) is 23.3 Å². The topological polar surface area (TPSA) is 68.7 Å². The van der Waals surface area contributed by atoms with Crippen LogP contribution in [0.25, 0.3) is 0 Å². The first-order valence-electron chi connectivity index (χ1n) is 5.20. The van der Waals surface area contributed by atoms with E-state index in [0.717, 1.165) is 19.4 Å². The summed E-state index contributed by atoms with van der Waals surface area (Å²) in [7, 11) is 0.